The van der Waals surface area contributed by atoms with Crippen LogP contribution >= 0.6 is 11.6 Å². The number of benzene rings is 3. The van der Waals surface area contributed by atoms with Crippen molar-refractivity contribution >= 4 is 39.1 Å². The van der Waals surface area contributed by atoms with Gasteiger partial charge in [0.1, 0.15) is 0 Å². The molecule has 0 fully saturated rings. The van der Waals surface area contributed by atoms with Gasteiger partial charge in [0.25, 0.3) is 0 Å². The summed E-state index contributed by atoms with van der Waals surface area (Å²) in [6, 6.07) is 20.5. The lowest BCUT2D eigenvalue weighted by atomic mass is 9.99. The Kier molecular flexibility index (Phi) is 3.28. The van der Waals surface area contributed by atoms with Gasteiger partial charge in [-0.2, -0.15) is 5.10 Å². The first-order valence-electron chi connectivity index (χ1n) is 8.56. The average molecular weight is 358 g/mol. The quantitative estimate of drug-likeness (QED) is 0.370. The van der Waals surface area contributed by atoms with Gasteiger partial charge in [0.15, 0.2) is 5.65 Å². The van der Waals surface area contributed by atoms with Crippen molar-refractivity contribution in [2.75, 3.05) is 0 Å². The van der Waals surface area contributed by atoms with Gasteiger partial charge in [-0.15, -0.1) is 0 Å². The van der Waals surface area contributed by atoms with E-state index in [2.05, 4.69) is 44.2 Å². The Morgan fingerprint density at radius 3 is 2.50 bits per heavy atom. The molecule has 0 radical (unpaired) electrons. The van der Waals surface area contributed by atoms with E-state index in [0.717, 1.165) is 38.7 Å². The summed E-state index contributed by atoms with van der Waals surface area (Å²) in [5.74, 6) is 0. The molecule has 2 heterocycles. The minimum atomic E-state index is 0.683. The second-order valence-corrected chi connectivity index (χ2v) is 7.13. The van der Waals surface area contributed by atoms with Gasteiger partial charge < -0.3 is 0 Å². The zero-order valence-electron chi connectivity index (χ0n) is 14.5. The molecular formula is C22H16ClN3. The summed E-state index contributed by atoms with van der Waals surface area (Å²) in [7, 11) is 0. The number of nitrogens with zero attached hydrogens (tertiary/aromatic N) is 3. The van der Waals surface area contributed by atoms with Gasteiger partial charge in [0, 0.05) is 21.4 Å². The van der Waals surface area contributed by atoms with Gasteiger partial charge >= 0.3 is 0 Å². The molecule has 0 unspecified atom stereocenters. The highest BCUT2D eigenvalue weighted by Gasteiger charge is 2.15. The molecule has 0 aliphatic rings. The molecular weight excluding hydrogens is 342 g/mol. The number of aromatic nitrogens is 3. The number of rotatable bonds is 1. The average Bonchev–Trinajstić information content (AvgIpc) is 2.99. The predicted octanol–water partition coefficient (Wildman–Crippen LogP) is 5.97. The lowest BCUT2D eigenvalue weighted by molar-refractivity contribution is 0.984. The second-order valence-electron chi connectivity index (χ2n) is 6.69. The first-order chi connectivity index (χ1) is 12.6. The van der Waals surface area contributed by atoms with E-state index in [1.54, 1.807) is 0 Å². The van der Waals surface area contributed by atoms with E-state index in [4.69, 9.17) is 21.7 Å². The Balaban J connectivity index is 1.98. The molecule has 0 aliphatic heterocycles. The van der Waals surface area contributed by atoms with E-state index in [-0.39, 0.29) is 0 Å². The molecule has 4 heteroatoms. The summed E-state index contributed by atoms with van der Waals surface area (Å²) >= 11 is 6.22. The molecule has 0 N–H and O–H groups in total. The number of imidazole rings is 1. The molecule has 0 atom stereocenters. The Labute approximate surface area is 155 Å². The van der Waals surface area contributed by atoms with Gasteiger partial charge in [-0.3, -0.25) is 0 Å². The van der Waals surface area contributed by atoms with Crippen LogP contribution in [0.4, 0.5) is 0 Å². The molecule has 3 aromatic carbocycles. The molecule has 0 amide bonds. The smallest absolute Gasteiger partial charge is 0.162 e. The highest BCUT2D eigenvalue weighted by molar-refractivity contribution is 6.31. The summed E-state index contributed by atoms with van der Waals surface area (Å²) in [5.41, 5.74) is 7.23. The van der Waals surface area contributed by atoms with E-state index in [1.807, 2.05) is 34.8 Å². The van der Waals surface area contributed by atoms with Crippen LogP contribution < -0.4 is 0 Å². The van der Waals surface area contributed by atoms with Gasteiger partial charge in [-0.1, -0.05) is 59.6 Å². The Hall–Kier alpha value is -2.91. The third-order valence-corrected chi connectivity index (χ3v) is 5.09. The van der Waals surface area contributed by atoms with E-state index in [0.29, 0.717) is 5.02 Å². The monoisotopic (exact) mass is 357 g/mol. The predicted molar refractivity (Wildman–Crippen MR) is 108 cm³/mol. The van der Waals surface area contributed by atoms with Crippen LogP contribution in [-0.2, 0) is 0 Å². The van der Waals surface area contributed by atoms with Crippen LogP contribution in [0, 0.1) is 13.8 Å². The van der Waals surface area contributed by atoms with Crippen molar-refractivity contribution in [1.82, 2.24) is 14.6 Å². The fraction of sp³-hybridized carbons (Fsp3) is 0.0909. The minimum absolute atomic E-state index is 0.683. The zero-order valence-corrected chi connectivity index (χ0v) is 15.2. The summed E-state index contributed by atoms with van der Waals surface area (Å²) in [6.07, 6.45) is 0. The molecule has 26 heavy (non-hydrogen) atoms. The van der Waals surface area contributed by atoms with E-state index in [1.165, 1.54) is 11.1 Å². The van der Waals surface area contributed by atoms with Crippen molar-refractivity contribution in [3.8, 4) is 11.3 Å². The van der Waals surface area contributed by atoms with Crippen LogP contribution in [0.2, 0.25) is 5.02 Å². The number of fused-ring (bicyclic) bond motifs is 5. The van der Waals surface area contributed by atoms with Crippen molar-refractivity contribution in [2.24, 2.45) is 0 Å². The maximum atomic E-state index is 6.22. The lowest BCUT2D eigenvalue weighted by Crippen LogP contribution is -1.98. The molecule has 126 valence electrons. The summed E-state index contributed by atoms with van der Waals surface area (Å²) in [5, 5.41) is 7.86. The lowest BCUT2D eigenvalue weighted by Gasteiger charge is -2.11. The van der Waals surface area contributed by atoms with Gasteiger partial charge in [0.2, 0.25) is 0 Å². The normalized spacial score (nSPS) is 11.7. The third kappa shape index (κ3) is 2.21. The second kappa shape index (κ2) is 5.55. The van der Waals surface area contributed by atoms with Crippen molar-refractivity contribution < 1.29 is 0 Å². The van der Waals surface area contributed by atoms with Crippen LogP contribution in [0.25, 0.3) is 38.7 Å². The Bertz CT molecular complexity index is 1320. The minimum Gasteiger partial charge on any atom is -0.226 e. The van der Waals surface area contributed by atoms with E-state index >= 15 is 0 Å². The Morgan fingerprint density at radius 1 is 0.885 bits per heavy atom. The van der Waals surface area contributed by atoms with Gasteiger partial charge in [-0.05, 0) is 37.6 Å². The standard InChI is InChI=1S/C22H16ClN3/c1-13-7-9-16(14(2)11-13)21-17-5-3-4-6-18(17)22-24-19-10-8-15(23)12-20(19)26(22)25-21/h3-12H,1-2H3. The number of halogens is 1. The number of hydrogen-bond acceptors (Lipinski definition) is 2. The molecule has 0 spiro atoms. The van der Waals surface area contributed by atoms with Crippen molar-refractivity contribution in [3.63, 3.8) is 0 Å². The zero-order chi connectivity index (χ0) is 17.8. The van der Waals surface area contributed by atoms with Crippen LogP contribution in [0.15, 0.2) is 60.7 Å². The first kappa shape index (κ1) is 15.4. The molecule has 2 aromatic heterocycles. The maximum absolute atomic E-state index is 6.22. The third-order valence-electron chi connectivity index (χ3n) is 4.85. The number of hydrogen-bond donors (Lipinski definition) is 0. The van der Waals surface area contributed by atoms with Gasteiger partial charge in [-0.25, -0.2) is 9.50 Å². The number of aryl methyl sites for hydroxylation is 2. The summed E-state index contributed by atoms with van der Waals surface area (Å²) in [6.45, 7) is 4.24. The summed E-state index contributed by atoms with van der Waals surface area (Å²) < 4.78 is 1.91. The molecule has 0 saturated carbocycles. The maximum Gasteiger partial charge on any atom is 0.162 e. The van der Waals surface area contributed by atoms with E-state index in [9.17, 15) is 0 Å². The van der Waals surface area contributed by atoms with Crippen LogP contribution in [0.3, 0.4) is 0 Å². The van der Waals surface area contributed by atoms with Crippen molar-refractivity contribution in [2.45, 2.75) is 13.8 Å². The fourth-order valence-electron chi connectivity index (χ4n) is 3.63. The molecule has 0 bridgehead atoms. The van der Waals surface area contributed by atoms with Crippen molar-refractivity contribution in [3.05, 3.63) is 76.8 Å². The van der Waals surface area contributed by atoms with E-state index < -0.39 is 0 Å². The highest BCUT2D eigenvalue weighted by Crippen LogP contribution is 2.33. The molecule has 5 rings (SSSR count). The van der Waals surface area contributed by atoms with Crippen LogP contribution in [0.5, 0.6) is 0 Å². The SMILES string of the molecule is Cc1ccc(-c2nn3c4cc(Cl)ccc4nc3c3ccccc23)c(C)c1. The van der Waals surface area contributed by atoms with Gasteiger partial charge in [0.05, 0.1) is 16.7 Å². The largest absolute Gasteiger partial charge is 0.226 e. The first-order valence-corrected chi connectivity index (χ1v) is 8.94. The molecule has 5 aromatic rings. The molecule has 0 saturated heterocycles. The topological polar surface area (TPSA) is 30.2 Å². The fourth-order valence-corrected chi connectivity index (χ4v) is 3.79. The highest BCUT2D eigenvalue weighted by atomic mass is 35.5. The summed E-state index contributed by atoms with van der Waals surface area (Å²) in [4.78, 5) is 4.80. The van der Waals surface area contributed by atoms with Crippen molar-refractivity contribution in [1.29, 1.82) is 0 Å². The van der Waals surface area contributed by atoms with Crippen LogP contribution in [-0.4, -0.2) is 14.6 Å². The Morgan fingerprint density at radius 2 is 1.69 bits per heavy atom. The molecule has 0 aliphatic carbocycles. The van der Waals surface area contributed by atoms with Crippen LogP contribution in [0.1, 0.15) is 11.1 Å². The molecule has 3 nitrogen and oxygen atoms in total.